The number of carbonyl (C=O) groups excluding carboxylic acids is 2. The molecular weight excluding hydrogens is 432 g/mol. The molecule has 0 aliphatic carbocycles. The second kappa shape index (κ2) is 10.4. The number of nitrogens with zero attached hydrogens (tertiary/aromatic N) is 2. The molecule has 0 saturated carbocycles. The Kier molecular flexibility index (Phi) is 7.12. The molecule has 1 aliphatic heterocycles. The summed E-state index contributed by atoms with van der Waals surface area (Å²) in [6, 6.07) is 14.5. The first-order chi connectivity index (χ1) is 16.5. The summed E-state index contributed by atoms with van der Waals surface area (Å²) in [5, 5.41) is 10.9. The van der Waals surface area contributed by atoms with E-state index in [9.17, 15) is 9.59 Å². The van der Waals surface area contributed by atoms with Crippen LogP contribution in [0.1, 0.15) is 39.1 Å². The van der Waals surface area contributed by atoms with Gasteiger partial charge in [-0.15, -0.1) is 0 Å². The van der Waals surface area contributed by atoms with Crippen molar-refractivity contribution in [1.82, 2.24) is 20.4 Å². The molecule has 0 radical (unpaired) electrons. The fraction of sp³-hybridized carbons (Fsp3) is 0.320. The van der Waals surface area contributed by atoms with Gasteiger partial charge < -0.3 is 26.8 Å². The minimum atomic E-state index is -0.603. The maximum atomic E-state index is 12.5. The Morgan fingerprint density at radius 3 is 2.65 bits per heavy atom. The number of carbonyl (C=O) groups is 2. The number of primary amides is 1. The maximum Gasteiger partial charge on any atom is 0.255 e. The molecular formula is C25H30N6O3. The van der Waals surface area contributed by atoms with E-state index in [0.29, 0.717) is 41.8 Å². The monoisotopic (exact) mass is 462 g/mol. The third-order valence-electron chi connectivity index (χ3n) is 6.10. The Hall–Kier alpha value is -3.85. The molecule has 0 unspecified atom stereocenters. The molecule has 1 aliphatic rings. The molecule has 2 amide bonds. The summed E-state index contributed by atoms with van der Waals surface area (Å²) in [5.41, 5.74) is 14.7. The zero-order valence-corrected chi connectivity index (χ0v) is 19.2. The first-order valence-electron chi connectivity index (χ1n) is 11.3. The molecule has 6 N–H and O–H groups in total. The lowest BCUT2D eigenvalue weighted by atomic mass is 10.00. The van der Waals surface area contributed by atoms with E-state index in [4.69, 9.17) is 16.2 Å². The Bertz CT molecular complexity index is 1170. The summed E-state index contributed by atoms with van der Waals surface area (Å²) in [4.78, 5) is 24.7. The molecule has 1 fully saturated rings. The van der Waals surface area contributed by atoms with E-state index in [-0.39, 0.29) is 11.5 Å². The Balaban J connectivity index is 1.49. The fourth-order valence-electron chi connectivity index (χ4n) is 4.27. The zero-order valence-electron chi connectivity index (χ0n) is 19.2. The van der Waals surface area contributed by atoms with Crippen LogP contribution in [-0.4, -0.2) is 41.8 Å². The van der Waals surface area contributed by atoms with Crippen LogP contribution in [0.15, 0.2) is 48.5 Å². The van der Waals surface area contributed by atoms with E-state index in [1.165, 1.54) is 7.11 Å². The van der Waals surface area contributed by atoms with E-state index >= 15 is 0 Å². The van der Waals surface area contributed by atoms with Crippen molar-refractivity contribution in [3.05, 3.63) is 65.2 Å². The van der Waals surface area contributed by atoms with Gasteiger partial charge in [0.25, 0.3) is 11.8 Å². The average molecular weight is 463 g/mol. The smallest absolute Gasteiger partial charge is 0.255 e. The first-order valence-corrected chi connectivity index (χ1v) is 11.3. The third kappa shape index (κ3) is 5.04. The lowest BCUT2D eigenvalue weighted by molar-refractivity contribution is 0.0946. The van der Waals surface area contributed by atoms with Crippen molar-refractivity contribution in [1.29, 1.82) is 0 Å². The van der Waals surface area contributed by atoms with Gasteiger partial charge in [-0.3, -0.25) is 9.59 Å². The van der Waals surface area contributed by atoms with Gasteiger partial charge in [-0.25, -0.2) is 4.68 Å². The van der Waals surface area contributed by atoms with Crippen molar-refractivity contribution < 1.29 is 14.3 Å². The molecule has 1 aromatic heterocycles. The second-order valence-corrected chi connectivity index (χ2v) is 8.45. The molecule has 1 atom stereocenters. The number of amides is 2. The number of aromatic nitrogens is 2. The van der Waals surface area contributed by atoms with Crippen LogP contribution in [-0.2, 0) is 13.1 Å². The number of methoxy groups -OCH3 is 1. The minimum absolute atomic E-state index is 0.221. The molecule has 1 saturated heterocycles. The quantitative estimate of drug-likeness (QED) is 0.405. The van der Waals surface area contributed by atoms with Crippen molar-refractivity contribution in [2.24, 2.45) is 11.7 Å². The van der Waals surface area contributed by atoms with Gasteiger partial charge in [-0.05, 0) is 49.5 Å². The average Bonchev–Trinajstić information content (AvgIpc) is 3.19. The number of piperidine rings is 1. The minimum Gasteiger partial charge on any atom is -0.496 e. The highest BCUT2D eigenvalue weighted by atomic mass is 16.5. The number of nitrogen functional groups attached to an aromatic ring is 1. The van der Waals surface area contributed by atoms with Gasteiger partial charge in [-0.2, -0.15) is 5.10 Å². The molecule has 9 nitrogen and oxygen atoms in total. The Morgan fingerprint density at radius 2 is 1.97 bits per heavy atom. The molecule has 3 aromatic rings. The fourth-order valence-corrected chi connectivity index (χ4v) is 4.27. The first kappa shape index (κ1) is 23.3. The van der Waals surface area contributed by atoms with Gasteiger partial charge in [0.1, 0.15) is 22.8 Å². The van der Waals surface area contributed by atoms with Crippen LogP contribution in [0, 0.1) is 5.92 Å². The van der Waals surface area contributed by atoms with Gasteiger partial charge in [0.2, 0.25) is 0 Å². The number of nitrogens with one attached hydrogen (secondary N) is 2. The second-order valence-electron chi connectivity index (χ2n) is 8.45. The predicted molar refractivity (Wildman–Crippen MR) is 130 cm³/mol. The van der Waals surface area contributed by atoms with Gasteiger partial charge in [0.05, 0.1) is 12.7 Å². The van der Waals surface area contributed by atoms with E-state index in [1.54, 1.807) is 22.9 Å². The van der Waals surface area contributed by atoms with Crippen LogP contribution in [0.4, 0.5) is 5.82 Å². The van der Waals surface area contributed by atoms with Crippen molar-refractivity contribution in [2.45, 2.75) is 25.9 Å². The molecule has 2 heterocycles. The Morgan fingerprint density at radius 1 is 1.21 bits per heavy atom. The number of ether oxygens (including phenoxy) is 1. The third-order valence-corrected chi connectivity index (χ3v) is 6.10. The summed E-state index contributed by atoms with van der Waals surface area (Å²) >= 11 is 0. The van der Waals surface area contributed by atoms with Crippen LogP contribution in [0.3, 0.4) is 0 Å². The molecule has 2 aromatic carbocycles. The molecule has 0 spiro atoms. The van der Waals surface area contributed by atoms with E-state index in [0.717, 1.165) is 37.1 Å². The predicted octanol–water partition coefficient (Wildman–Crippen LogP) is 2.17. The van der Waals surface area contributed by atoms with Crippen LogP contribution in [0.5, 0.6) is 5.75 Å². The summed E-state index contributed by atoms with van der Waals surface area (Å²) in [6.07, 6.45) is 2.19. The maximum absolute atomic E-state index is 12.5. The van der Waals surface area contributed by atoms with Gasteiger partial charge >= 0.3 is 0 Å². The molecule has 178 valence electrons. The number of hydrogen-bond donors (Lipinski definition) is 4. The number of nitrogens with two attached hydrogens (primary N) is 2. The van der Waals surface area contributed by atoms with Gasteiger partial charge in [0, 0.05) is 18.7 Å². The summed E-state index contributed by atoms with van der Waals surface area (Å²) < 4.78 is 6.94. The van der Waals surface area contributed by atoms with Crippen molar-refractivity contribution in [3.63, 3.8) is 0 Å². The zero-order chi connectivity index (χ0) is 24.1. The standard InChI is InChI=1S/C25H30N6O3/c1-34-20-7-3-2-6-19(20)25(33)29-14-16-8-10-18(11-9-16)22-21(24(27)32)23(26)31(30-22)15-17-5-4-12-28-13-17/h2-3,6-11,17,28H,4-5,12-15,26H2,1H3,(H2,27,32)(H,29,33)/t17-/m0/s1. The number of rotatable bonds is 8. The topological polar surface area (TPSA) is 137 Å². The van der Waals surface area contributed by atoms with Crippen molar-refractivity contribution in [2.75, 3.05) is 25.9 Å². The summed E-state index contributed by atoms with van der Waals surface area (Å²) in [7, 11) is 1.53. The molecule has 9 heteroatoms. The highest BCUT2D eigenvalue weighted by molar-refractivity contribution is 6.03. The molecule has 0 bridgehead atoms. The lowest BCUT2D eigenvalue weighted by Crippen LogP contribution is -2.32. The van der Waals surface area contributed by atoms with Gasteiger partial charge in [-0.1, -0.05) is 36.4 Å². The highest BCUT2D eigenvalue weighted by Crippen LogP contribution is 2.28. The number of hydrogen-bond acceptors (Lipinski definition) is 6. The van der Waals surface area contributed by atoms with Crippen LogP contribution >= 0.6 is 0 Å². The van der Waals surface area contributed by atoms with Gasteiger partial charge in [0.15, 0.2) is 0 Å². The number of para-hydroxylation sites is 1. The van der Waals surface area contributed by atoms with Crippen LogP contribution < -0.4 is 26.8 Å². The largest absolute Gasteiger partial charge is 0.496 e. The SMILES string of the molecule is COc1ccccc1C(=O)NCc1ccc(-c2nn(C[C@H]3CCCNC3)c(N)c2C(N)=O)cc1. The normalized spacial score (nSPS) is 15.6. The van der Waals surface area contributed by atoms with Crippen molar-refractivity contribution >= 4 is 17.6 Å². The summed E-state index contributed by atoms with van der Waals surface area (Å²) in [6.45, 7) is 2.89. The molecule has 34 heavy (non-hydrogen) atoms. The van der Waals surface area contributed by atoms with E-state index in [2.05, 4.69) is 15.7 Å². The summed E-state index contributed by atoms with van der Waals surface area (Å²) in [5.74, 6) is 0.390. The Labute approximate surface area is 198 Å². The van der Waals surface area contributed by atoms with E-state index in [1.807, 2.05) is 30.3 Å². The van der Waals surface area contributed by atoms with Crippen LogP contribution in [0.2, 0.25) is 0 Å². The van der Waals surface area contributed by atoms with Crippen molar-refractivity contribution in [3.8, 4) is 17.0 Å². The lowest BCUT2D eigenvalue weighted by Gasteiger charge is -2.22. The highest BCUT2D eigenvalue weighted by Gasteiger charge is 2.23. The van der Waals surface area contributed by atoms with Crippen LogP contribution in [0.25, 0.3) is 11.3 Å². The number of benzene rings is 2. The molecule has 4 rings (SSSR count). The number of anilines is 1. The van der Waals surface area contributed by atoms with E-state index < -0.39 is 5.91 Å².